The van der Waals surface area contributed by atoms with Crippen molar-refractivity contribution in [2.75, 3.05) is 32.8 Å². The first-order valence-electron chi connectivity index (χ1n) is 21.2. The van der Waals surface area contributed by atoms with Crippen LogP contribution in [0.25, 0.3) is 0 Å². The molecule has 10 nitrogen and oxygen atoms in total. The number of benzene rings is 1. The number of unbranched alkanes of at least 4 members (excludes halogenated alkanes) is 3. The van der Waals surface area contributed by atoms with Crippen LogP contribution in [0.4, 0.5) is 4.39 Å². The van der Waals surface area contributed by atoms with Crippen molar-refractivity contribution >= 4 is 19.9 Å². The SMILES string of the molecule is C=CCN(CC=C)[C@@H]1c2onc(OCCCC)c2C(=O)[C@@]2(O[Si](C)(C)C(C)(C)C)C(O)=C3C(=O)c4c(c(F)c5c(c4OCCCC)CN(CCCC)C5)C[C@H]3C[C@@H]12. The summed E-state index contributed by atoms with van der Waals surface area (Å²) in [4.78, 5) is 35.3. The number of aliphatic hydroxyl groups is 1. The van der Waals surface area contributed by atoms with E-state index in [-0.39, 0.29) is 41.2 Å². The first-order valence-corrected chi connectivity index (χ1v) is 24.1. The molecule has 12 heteroatoms. The van der Waals surface area contributed by atoms with Crippen LogP contribution in [0.3, 0.4) is 0 Å². The molecule has 1 aliphatic heterocycles. The van der Waals surface area contributed by atoms with Gasteiger partial charge in [0.15, 0.2) is 25.5 Å². The Labute approximate surface area is 339 Å². The Bertz CT molecular complexity index is 1900. The van der Waals surface area contributed by atoms with E-state index in [1.54, 1.807) is 12.2 Å². The third kappa shape index (κ3) is 7.37. The van der Waals surface area contributed by atoms with Crippen molar-refractivity contribution in [3.63, 3.8) is 0 Å². The van der Waals surface area contributed by atoms with Crippen LogP contribution < -0.4 is 9.47 Å². The normalized spacial score (nSPS) is 23.2. The van der Waals surface area contributed by atoms with Crippen molar-refractivity contribution in [1.29, 1.82) is 0 Å². The van der Waals surface area contributed by atoms with Gasteiger partial charge in [0, 0.05) is 54.4 Å². The lowest BCUT2D eigenvalue weighted by molar-refractivity contribution is -0.0525. The minimum atomic E-state index is -2.94. The van der Waals surface area contributed by atoms with Crippen LogP contribution in [0, 0.1) is 17.7 Å². The number of carbonyl (C=O) groups excluding carboxylic acids is 2. The lowest BCUT2D eigenvalue weighted by atomic mass is 9.58. The molecular formula is C45H64FN3O7Si. The molecule has 6 rings (SSSR count). The average Bonchev–Trinajstić information content (AvgIpc) is 3.78. The van der Waals surface area contributed by atoms with E-state index in [2.05, 4.69) is 62.7 Å². The number of hydrogen-bond acceptors (Lipinski definition) is 10. The first kappa shape index (κ1) is 43.0. The molecule has 0 amide bonds. The lowest BCUT2D eigenvalue weighted by Crippen LogP contribution is -2.65. The van der Waals surface area contributed by atoms with Gasteiger partial charge >= 0.3 is 0 Å². The number of allylic oxidation sites excluding steroid dienone is 1. The van der Waals surface area contributed by atoms with Crippen molar-refractivity contribution in [1.82, 2.24) is 15.0 Å². The van der Waals surface area contributed by atoms with Crippen LogP contribution in [0.1, 0.15) is 136 Å². The van der Waals surface area contributed by atoms with E-state index in [0.717, 1.165) is 45.1 Å². The van der Waals surface area contributed by atoms with E-state index in [1.165, 1.54) is 0 Å². The van der Waals surface area contributed by atoms with Crippen LogP contribution in [-0.4, -0.2) is 78.4 Å². The van der Waals surface area contributed by atoms with E-state index < -0.39 is 54.2 Å². The first-order chi connectivity index (χ1) is 27.1. The van der Waals surface area contributed by atoms with Gasteiger partial charge in [0.05, 0.1) is 24.8 Å². The number of ether oxygens (including phenoxy) is 2. The second-order valence-corrected chi connectivity index (χ2v) is 22.6. The van der Waals surface area contributed by atoms with Crippen LogP contribution in [0.15, 0.2) is 41.2 Å². The van der Waals surface area contributed by atoms with Crippen LogP contribution >= 0.6 is 0 Å². The summed E-state index contributed by atoms with van der Waals surface area (Å²) in [7, 11) is -2.94. The Kier molecular flexibility index (Phi) is 12.8. The van der Waals surface area contributed by atoms with Gasteiger partial charge in [0.2, 0.25) is 5.78 Å². The fourth-order valence-corrected chi connectivity index (χ4v) is 10.5. The quantitative estimate of drug-likeness (QED) is 0.0887. The number of aliphatic hydroxyl groups excluding tert-OH is 1. The molecule has 0 radical (unpaired) electrons. The molecule has 4 aliphatic rings. The second-order valence-electron chi connectivity index (χ2n) is 17.9. The highest BCUT2D eigenvalue weighted by atomic mass is 28.4. The smallest absolute Gasteiger partial charge is 0.265 e. The fourth-order valence-electron chi connectivity index (χ4n) is 9.04. The summed E-state index contributed by atoms with van der Waals surface area (Å²) in [6.07, 6.45) is 9.18. The number of rotatable bonds is 18. The molecule has 312 valence electrons. The number of fused-ring (bicyclic) bond motifs is 5. The average molecular weight is 806 g/mol. The van der Waals surface area contributed by atoms with Gasteiger partial charge < -0.3 is 23.5 Å². The standard InChI is InChI=1S/C45H64FN3O7Si/c1-11-16-21-48-26-30-31(27-48)39(53-22-17-12-2)34-29(36(30)46)24-28-25-32-37(49(19-14-4)20-15-5)40-35(43(47-55-40)54-23-18-13-3)42(52)45(32,41(51)33(28)38(34)50)56-57(9,10)44(6,7)8/h14-15,28,32,37,51H,4-5,11-13,16-27H2,1-3,6-10H3/t28-,32-,37-,45-/m0/s1. The van der Waals surface area contributed by atoms with Gasteiger partial charge in [-0.15, -0.1) is 13.2 Å². The molecule has 0 saturated heterocycles. The van der Waals surface area contributed by atoms with E-state index in [4.69, 9.17) is 18.4 Å². The van der Waals surface area contributed by atoms with Crippen LogP contribution in [0.2, 0.25) is 18.1 Å². The van der Waals surface area contributed by atoms with Gasteiger partial charge in [0.1, 0.15) is 22.9 Å². The minimum Gasteiger partial charge on any atom is -0.508 e. The molecule has 2 aromatic rings. The highest BCUT2D eigenvalue weighted by molar-refractivity contribution is 6.74. The Morgan fingerprint density at radius 1 is 0.982 bits per heavy atom. The Balaban J connectivity index is 1.62. The number of carbonyl (C=O) groups is 2. The van der Waals surface area contributed by atoms with Crippen molar-refractivity contribution in [2.24, 2.45) is 11.8 Å². The summed E-state index contributed by atoms with van der Waals surface area (Å²) in [5.74, 6) is -2.44. The number of halogens is 1. The maximum absolute atomic E-state index is 17.1. The number of hydrogen-bond donors (Lipinski definition) is 1. The lowest BCUT2D eigenvalue weighted by Gasteiger charge is -2.55. The predicted molar refractivity (Wildman–Crippen MR) is 222 cm³/mol. The molecule has 0 fully saturated rings. The third-order valence-electron chi connectivity index (χ3n) is 13.0. The largest absolute Gasteiger partial charge is 0.508 e. The molecule has 3 aliphatic carbocycles. The summed E-state index contributed by atoms with van der Waals surface area (Å²) < 4.78 is 43.1. The zero-order valence-electron chi connectivity index (χ0n) is 35.5. The molecule has 0 spiro atoms. The molecular weight excluding hydrogens is 742 g/mol. The molecule has 2 heterocycles. The summed E-state index contributed by atoms with van der Waals surface area (Å²) in [5, 5.41) is 17.0. The molecule has 1 aromatic heterocycles. The number of ketones is 2. The van der Waals surface area contributed by atoms with Crippen molar-refractivity contribution < 1.29 is 37.5 Å². The van der Waals surface area contributed by atoms with Crippen molar-refractivity contribution in [3.05, 3.63) is 76.0 Å². The van der Waals surface area contributed by atoms with Crippen LogP contribution in [0.5, 0.6) is 11.6 Å². The Hall–Kier alpha value is -3.58. The fraction of sp³-hybridized carbons (Fsp3) is 0.622. The molecule has 1 N–H and O–H groups in total. The predicted octanol–water partition coefficient (Wildman–Crippen LogP) is 9.85. The summed E-state index contributed by atoms with van der Waals surface area (Å²) >= 11 is 0. The number of aromatic nitrogens is 1. The molecule has 0 bridgehead atoms. The zero-order chi connectivity index (χ0) is 41.4. The Morgan fingerprint density at radius 2 is 1.61 bits per heavy atom. The van der Waals surface area contributed by atoms with Gasteiger partial charge in [-0.2, -0.15) is 0 Å². The van der Waals surface area contributed by atoms with E-state index in [9.17, 15) is 5.11 Å². The molecule has 1 aromatic carbocycles. The summed E-state index contributed by atoms with van der Waals surface area (Å²) in [6, 6.07) is -0.667. The van der Waals surface area contributed by atoms with Gasteiger partial charge in [-0.1, -0.05) is 73.0 Å². The molecule has 0 saturated carbocycles. The maximum Gasteiger partial charge on any atom is 0.265 e. The number of nitrogens with zero attached hydrogens (tertiary/aromatic N) is 3. The van der Waals surface area contributed by atoms with E-state index >= 15 is 14.0 Å². The van der Waals surface area contributed by atoms with Gasteiger partial charge in [-0.3, -0.25) is 19.4 Å². The van der Waals surface area contributed by atoms with E-state index in [1.807, 2.05) is 20.0 Å². The maximum atomic E-state index is 17.1. The van der Waals surface area contributed by atoms with Crippen molar-refractivity contribution in [3.8, 4) is 11.6 Å². The summed E-state index contributed by atoms with van der Waals surface area (Å²) in [5.41, 5.74) is -0.0236. The van der Waals surface area contributed by atoms with Gasteiger partial charge in [-0.25, -0.2) is 4.39 Å². The summed E-state index contributed by atoms with van der Waals surface area (Å²) in [6.45, 7) is 27.8. The molecule has 4 atom stereocenters. The minimum absolute atomic E-state index is 0.0411. The topological polar surface area (TPSA) is 115 Å². The second kappa shape index (κ2) is 17.0. The van der Waals surface area contributed by atoms with E-state index in [0.29, 0.717) is 67.6 Å². The zero-order valence-corrected chi connectivity index (χ0v) is 36.5. The highest BCUT2D eigenvalue weighted by Gasteiger charge is 2.67. The third-order valence-corrected chi connectivity index (χ3v) is 17.5. The highest BCUT2D eigenvalue weighted by Crippen LogP contribution is 2.60. The number of Topliss-reactive ketones (excluding diaryl/α,β-unsaturated/α-hetero) is 2. The monoisotopic (exact) mass is 805 g/mol. The van der Waals surface area contributed by atoms with Crippen LogP contribution in [-0.2, 0) is 23.9 Å². The molecule has 57 heavy (non-hydrogen) atoms. The van der Waals surface area contributed by atoms with Gasteiger partial charge in [0.25, 0.3) is 5.88 Å². The van der Waals surface area contributed by atoms with Crippen molar-refractivity contribution in [2.45, 2.75) is 136 Å². The molecule has 0 unspecified atom stereocenters. The Morgan fingerprint density at radius 3 is 2.23 bits per heavy atom. The van der Waals surface area contributed by atoms with Gasteiger partial charge in [-0.05, 0) is 67.9 Å².